The maximum atomic E-state index is 12.7. The standard InChI is InChI=1S/C23H19F3N2O3S/c1-14(29)31-22(11-2-12-22)21-27-13-19(32-21)15-5-9-18(10-6-15)28-20(30)16-3-7-17(8-4-16)23(24,25)26/h3-10,13H,2,11-12H2,1H3,(H,28,30). The number of alkyl halides is 3. The number of hydrogen-bond acceptors (Lipinski definition) is 5. The molecule has 1 heterocycles. The zero-order valence-corrected chi connectivity index (χ0v) is 17.8. The molecule has 0 bridgehead atoms. The molecule has 1 aliphatic rings. The van der Waals surface area contributed by atoms with E-state index in [4.69, 9.17) is 4.74 Å². The summed E-state index contributed by atoms with van der Waals surface area (Å²) in [5, 5.41) is 3.45. The van der Waals surface area contributed by atoms with Gasteiger partial charge in [-0.3, -0.25) is 9.59 Å². The number of benzene rings is 2. The Bertz CT molecular complexity index is 1130. The maximum Gasteiger partial charge on any atom is 0.416 e. The number of ether oxygens (including phenoxy) is 1. The third-order valence-corrected chi connectivity index (χ3v) is 6.53. The van der Waals surface area contributed by atoms with E-state index in [0.717, 1.165) is 59.0 Å². The van der Waals surface area contributed by atoms with E-state index in [9.17, 15) is 22.8 Å². The van der Waals surface area contributed by atoms with Crippen LogP contribution in [0.15, 0.2) is 54.7 Å². The molecule has 32 heavy (non-hydrogen) atoms. The molecule has 0 aliphatic heterocycles. The van der Waals surface area contributed by atoms with Crippen LogP contribution < -0.4 is 5.32 Å². The number of esters is 1. The van der Waals surface area contributed by atoms with Crippen molar-refractivity contribution >= 4 is 28.9 Å². The molecule has 1 aliphatic carbocycles. The van der Waals surface area contributed by atoms with Crippen molar-refractivity contribution in [3.05, 3.63) is 70.9 Å². The largest absolute Gasteiger partial charge is 0.452 e. The smallest absolute Gasteiger partial charge is 0.416 e. The molecule has 0 unspecified atom stereocenters. The number of halogens is 3. The number of amides is 1. The van der Waals surface area contributed by atoms with E-state index in [0.29, 0.717) is 5.69 Å². The van der Waals surface area contributed by atoms with E-state index in [2.05, 4.69) is 10.3 Å². The quantitative estimate of drug-likeness (QED) is 0.473. The van der Waals surface area contributed by atoms with Gasteiger partial charge < -0.3 is 10.1 Å². The molecule has 1 N–H and O–H groups in total. The third-order valence-electron chi connectivity index (χ3n) is 5.30. The highest BCUT2D eigenvalue weighted by Crippen LogP contribution is 2.47. The molecule has 1 aromatic heterocycles. The van der Waals surface area contributed by atoms with E-state index in [-0.39, 0.29) is 11.5 Å². The van der Waals surface area contributed by atoms with Crippen LogP contribution in [-0.4, -0.2) is 16.9 Å². The second-order valence-corrected chi connectivity index (χ2v) is 8.61. The van der Waals surface area contributed by atoms with Crippen LogP contribution in [0.5, 0.6) is 0 Å². The zero-order valence-electron chi connectivity index (χ0n) is 17.0. The van der Waals surface area contributed by atoms with Gasteiger partial charge in [-0.2, -0.15) is 13.2 Å². The van der Waals surface area contributed by atoms with Crippen LogP contribution in [0, 0.1) is 0 Å². The molecule has 5 nitrogen and oxygen atoms in total. The van der Waals surface area contributed by atoms with Crippen LogP contribution in [0.2, 0.25) is 0 Å². The third kappa shape index (κ3) is 4.52. The zero-order chi connectivity index (χ0) is 22.9. The van der Waals surface area contributed by atoms with Gasteiger partial charge in [0.1, 0.15) is 5.01 Å². The van der Waals surface area contributed by atoms with Gasteiger partial charge in [0.05, 0.1) is 10.4 Å². The van der Waals surface area contributed by atoms with Crippen LogP contribution >= 0.6 is 11.3 Å². The SMILES string of the molecule is CC(=O)OC1(c2ncc(-c3ccc(NC(=O)c4ccc(C(F)(F)F)cc4)cc3)s2)CCC1. The fourth-order valence-electron chi connectivity index (χ4n) is 3.48. The highest BCUT2D eigenvalue weighted by atomic mass is 32.1. The summed E-state index contributed by atoms with van der Waals surface area (Å²) in [4.78, 5) is 29.2. The van der Waals surface area contributed by atoms with Crippen molar-refractivity contribution in [2.24, 2.45) is 0 Å². The number of anilines is 1. The Morgan fingerprint density at radius 1 is 1.06 bits per heavy atom. The maximum absolute atomic E-state index is 12.7. The van der Waals surface area contributed by atoms with E-state index in [1.165, 1.54) is 18.3 Å². The fourth-order valence-corrected chi connectivity index (χ4v) is 4.59. The van der Waals surface area contributed by atoms with Crippen molar-refractivity contribution in [2.45, 2.75) is 38.0 Å². The predicted molar refractivity (Wildman–Crippen MR) is 114 cm³/mol. The second kappa shape index (κ2) is 8.38. The Balaban J connectivity index is 1.44. The predicted octanol–water partition coefficient (Wildman–Crippen LogP) is 6.02. The Morgan fingerprint density at radius 3 is 2.25 bits per heavy atom. The minimum atomic E-state index is -4.45. The number of rotatable bonds is 5. The molecule has 166 valence electrons. The molecular weight excluding hydrogens is 441 g/mol. The summed E-state index contributed by atoms with van der Waals surface area (Å²) in [5.41, 5.74) is 0.104. The number of carbonyl (C=O) groups excluding carboxylic acids is 2. The lowest BCUT2D eigenvalue weighted by Gasteiger charge is -2.38. The molecule has 1 fully saturated rings. The van der Waals surface area contributed by atoms with Crippen LogP contribution in [0.1, 0.15) is 47.1 Å². The molecule has 0 atom stereocenters. The van der Waals surface area contributed by atoms with Crippen LogP contribution in [0.25, 0.3) is 10.4 Å². The summed E-state index contributed by atoms with van der Waals surface area (Å²) in [6.45, 7) is 1.40. The fraction of sp³-hybridized carbons (Fsp3) is 0.261. The number of nitrogens with one attached hydrogen (secondary N) is 1. The van der Waals surface area contributed by atoms with Crippen LogP contribution in [0.4, 0.5) is 18.9 Å². The molecule has 0 saturated heterocycles. The van der Waals surface area contributed by atoms with Gasteiger partial charge >= 0.3 is 12.1 Å². The van der Waals surface area contributed by atoms with Gasteiger partial charge in [-0.1, -0.05) is 12.1 Å². The van der Waals surface area contributed by atoms with E-state index in [1.807, 2.05) is 12.1 Å². The van der Waals surface area contributed by atoms with Gasteiger partial charge in [0.15, 0.2) is 5.60 Å². The van der Waals surface area contributed by atoms with Gasteiger partial charge in [-0.15, -0.1) is 11.3 Å². The summed E-state index contributed by atoms with van der Waals surface area (Å²) in [6, 6.07) is 11.1. The number of hydrogen-bond donors (Lipinski definition) is 1. The Kier molecular flexibility index (Phi) is 5.77. The first-order valence-electron chi connectivity index (χ1n) is 9.91. The molecule has 0 spiro atoms. The molecule has 3 aromatic rings. The summed E-state index contributed by atoms with van der Waals surface area (Å²) < 4.78 is 43.5. The van der Waals surface area contributed by atoms with Crippen LogP contribution in [-0.2, 0) is 21.3 Å². The highest BCUT2D eigenvalue weighted by molar-refractivity contribution is 7.15. The van der Waals surface area contributed by atoms with Gasteiger partial charge in [0, 0.05) is 24.4 Å². The van der Waals surface area contributed by atoms with Gasteiger partial charge in [0.2, 0.25) is 0 Å². The lowest BCUT2D eigenvalue weighted by molar-refractivity contribution is -0.168. The lowest BCUT2D eigenvalue weighted by atomic mass is 9.80. The normalized spacial score (nSPS) is 15.0. The summed E-state index contributed by atoms with van der Waals surface area (Å²) in [6.07, 6.45) is -0.213. The first-order chi connectivity index (χ1) is 15.2. The number of nitrogens with zero attached hydrogens (tertiary/aromatic N) is 1. The van der Waals surface area contributed by atoms with Gasteiger partial charge in [-0.05, 0) is 61.2 Å². The number of thiazole rings is 1. The van der Waals surface area contributed by atoms with Gasteiger partial charge in [-0.25, -0.2) is 4.98 Å². The molecule has 9 heteroatoms. The van der Waals surface area contributed by atoms with Crippen molar-refractivity contribution in [1.82, 2.24) is 4.98 Å². The first kappa shape index (κ1) is 22.0. The highest BCUT2D eigenvalue weighted by Gasteiger charge is 2.44. The Hall–Kier alpha value is -3.20. The summed E-state index contributed by atoms with van der Waals surface area (Å²) >= 11 is 1.46. The monoisotopic (exact) mass is 460 g/mol. The number of carbonyl (C=O) groups is 2. The minimum absolute atomic E-state index is 0.130. The molecule has 2 aromatic carbocycles. The Morgan fingerprint density at radius 2 is 1.72 bits per heavy atom. The first-order valence-corrected chi connectivity index (χ1v) is 10.7. The van der Waals surface area contributed by atoms with Crippen molar-refractivity contribution in [3.8, 4) is 10.4 Å². The molecule has 1 amide bonds. The van der Waals surface area contributed by atoms with Crippen molar-refractivity contribution in [2.75, 3.05) is 5.32 Å². The van der Waals surface area contributed by atoms with E-state index < -0.39 is 23.2 Å². The number of aromatic nitrogens is 1. The van der Waals surface area contributed by atoms with Gasteiger partial charge in [0.25, 0.3) is 5.91 Å². The van der Waals surface area contributed by atoms with E-state index >= 15 is 0 Å². The summed E-state index contributed by atoms with van der Waals surface area (Å²) in [5.74, 6) is -0.825. The van der Waals surface area contributed by atoms with Crippen molar-refractivity contribution < 1.29 is 27.5 Å². The van der Waals surface area contributed by atoms with E-state index in [1.54, 1.807) is 18.3 Å². The average Bonchev–Trinajstić information content (AvgIpc) is 3.21. The average molecular weight is 460 g/mol. The molecule has 1 saturated carbocycles. The minimum Gasteiger partial charge on any atom is -0.452 e. The van der Waals surface area contributed by atoms with Crippen molar-refractivity contribution in [3.63, 3.8) is 0 Å². The van der Waals surface area contributed by atoms with Crippen molar-refractivity contribution in [1.29, 1.82) is 0 Å². The van der Waals surface area contributed by atoms with Crippen LogP contribution in [0.3, 0.4) is 0 Å². The molecular formula is C23H19F3N2O3S. The topological polar surface area (TPSA) is 68.3 Å². The molecule has 4 rings (SSSR count). The lowest BCUT2D eigenvalue weighted by Crippen LogP contribution is -2.38. The second-order valence-electron chi connectivity index (χ2n) is 7.58. The Labute approximate surface area is 186 Å². The molecule has 0 radical (unpaired) electrons. The summed E-state index contributed by atoms with van der Waals surface area (Å²) in [7, 11) is 0.